The van der Waals surface area contributed by atoms with Crippen LogP contribution in [0.25, 0.3) is 0 Å². The van der Waals surface area contributed by atoms with Gasteiger partial charge in [-0.1, -0.05) is 23.7 Å². The fourth-order valence-electron chi connectivity index (χ4n) is 3.10. The van der Waals surface area contributed by atoms with Crippen LogP contribution in [0.15, 0.2) is 47.4 Å². The Morgan fingerprint density at radius 3 is 2.46 bits per heavy atom. The average molecular weight is 424 g/mol. The van der Waals surface area contributed by atoms with E-state index in [1.807, 2.05) is 17.0 Å². The van der Waals surface area contributed by atoms with E-state index >= 15 is 0 Å². The molecule has 0 radical (unpaired) electrons. The molecule has 0 atom stereocenters. The standard InChI is InChI=1S/C19H22ClN3O4S/c1-28(26,27)14-6-7-15(20)16(12-14)21-19(25)13-22-8-10-23(11-9-22)17-4-2-3-5-18(17)24/h2-7,12,24H,8-11,13H2,1H3,(H,21,25). The lowest BCUT2D eigenvalue weighted by atomic mass is 10.2. The Morgan fingerprint density at radius 1 is 1.14 bits per heavy atom. The number of sulfone groups is 1. The van der Waals surface area contributed by atoms with Crippen LogP contribution in [0.2, 0.25) is 5.02 Å². The largest absolute Gasteiger partial charge is 0.506 e. The number of rotatable bonds is 5. The van der Waals surface area contributed by atoms with Gasteiger partial charge in [-0.15, -0.1) is 0 Å². The summed E-state index contributed by atoms with van der Waals surface area (Å²) in [5.41, 5.74) is 1.07. The molecule has 0 aliphatic carbocycles. The van der Waals surface area contributed by atoms with Gasteiger partial charge in [0.2, 0.25) is 5.91 Å². The van der Waals surface area contributed by atoms with Crippen LogP contribution in [-0.2, 0) is 14.6 Å². The number of nitrogens with one attached hydrogen (secondary N) is 1. The van der Waals surface area contributed by atoms with Crippen molar-refractivity contribution >= 4 is 38.7 Å². The summed E-state index contributed by atoms with van der Waals surface area (Å²) in [6.45, 7) is 2.89. The Morgan fingerprint density at radius 2 is 1.82 bits per heavy atom. The van der Waals surface area contributed by atoms with E-state index in [0.29, 0.717) is 26.2 Å². The number of nitrogens with zero attached hydrogens (tertiary/aromatic N) is 2. The summed E-state index contributed by atoms with van der Waals surface area (Å²) in [6, 6.07) is 11.4. The first kappa shape index (κ1) is 20.4. The van der Waals surface area contributed by atoms with Crippen LogP contribution in [-0.4, -0.2) is 63.3 Å². The van der Waals surface area contributed by atoms with E-state index in [0.717, 1.165) is 11.9 Å². The van der Waals surface area contributed by atoms with Crippen molar-refractivity contribution in [3.8, 4) is 5.75 Å². The van der Waals surface area contributed by atoms with Crippen LogP contribution < -0.4 is 10.2 Å². The van der Waals surface area contributed by atoms with E-state index in [1.54, 1.807) is 12.1 Å². The number of para-hydroxylation sites is 2. The number of piperazine rings is 1. The minimum atomic E-state index is -3.39. The van der Waals surface area contributed by atoms with Crippen molar-refractivity contribution in [2.75, 3.05) is 49.2 Å². The number of hydrogen-bond acceptors (Lipinski definition) is 6. The van der Waals surface area contributed by atoms with Crippen LogP contribution in [0.1, 0.15) is 0 Å². The van der Waals surface area contributed by atoms with Gasteiger partial charge >= 0.3 is 0 Å². The van der Waals surface area contributed by atoms with Gasteiger partial charge in [0.25, 0.3) is 0 Å². The van der Waals surface area contributed by atoms with Gasteiger partial charge in [-0.3, -0.25) is 9.69 Å². The predicted octanol–water partition coefficient (Wildman–Crippen LogP) is 2.21. The van der Waals surface area contributed by atoms with E-state index < -0.39 is 9.84 Å². The monoisotopic (exact) mass is 423 g/mol. The predicted molar refractivity (Wildman–Crippen MR) is 110 cm³/mol. The molecule has 2 aromatic carbocycles. The zero-order valence-electron chi connectivity index (χ0n) is 15.4. The summed E-state index contributed by atoms with van der Waals surface area (Å²) in [7, 11) is -3.39. The third-order valence-corrected chi connectivity index (χ3v) is 6.04. The number of phenolic OH excluding ortho intramolecular Hbond substituents is 1. The number of benzene rings is 2. The van der Waals surface area contributed by atoms with Crippen LogP contribution in [0, 0.1) is 0 Å². The Balaban J connectivity index is 1.58. The molecule has 0 spiro atoms. The van der Waals surface area contributed by atoms with Gasteiger partial charge in [-0.2, -0.15) is 0 Å². The van der Waals surface area contributed by atoms with E-state index in [9.17, 15) is 18.3 Å². The van der Waals surface area contributed by atoms with E-state index in [-0.39, 0.29) is 33.8 Å². The summed E-state index contributed by atoms with van der Waals surface area (Å²) in [5.74, 6) is -0.0161. The number of anilines is 2. The molecule has 0 unspecified atom stereocenters. The number of phenols is 1. The minimum absolute atomic E-state index is 0.100. The molecule has 7 nitrogen and oxygen atoms in total. The lowest BCUT2D eigenvalue weighted by Gasteiger charge is -2.35. The summed E-state index contributed by atoms with van der Waals surface area (Å²) in [4.78, 5) is 16.6. The molecule has 2 aromatic rings. The third-order valence-electron chi connectivity index (χ3n) is 4.60. The topological polar surface area (TPSA) is 90.0 Å². The smallest absolute Gasteiger partial charge is 0.238 e. The van der Waals surface area contributed by atoms with Crippen molar-refractivity contribution in [3.05, 3.63) is 47.5 Å². The van der Waals surface area contributed by atoms with Gasteiger partial charge in [0.1, 0.15) is 5.75 Å². The Kier molecular flexibility index (Phi) is 6.12. The molecule has 9 heteroatoms. The van der Waals surface area contributed by atoms with Gasteiger partial charge in [0.05, 0.1) is 27.8 Å². The highest BCUT2D eigenvalue weighted by Gasteiger charge is 2.21. The maximum Gasteiger partial charge on any atom is 0.238 e. The lowest BCUT2D eigenvalue weighted by Crippen LogP contribution is -2.48. The molecule has 0 aromatic heterocycles. The van der Waals surface area contributed by atoms with Gasteiger partial charge in [-0.05, 0) is 30.3 Å². The van der Waals surface area contributed by atoms with Gasteiger partial charge in [0, 0.05) is 32.4 Å². The number of hydrogen-bond donors (Lipinski definition) is 2. The first-order valence-electron chi connectivity index (χ1n) is 8.79. The summed E-state index contributed by atoms with van der Waals surface area (Å²) in [5, 5.41) is 12.9. The fraction of sp³-hybridized carbons (Fsp3) is 0.316. The molecule has 1 aliphatic heterocycles. The first-order chi connectivity index (χ1) is 13.2. The van der Waals surface area contributed by atoms with Crippen molar-refractivity contribution in [1.82, 2.24) is 4.90 Å². The fourth-order valence-corrected chi connectivity index (χ4v) is 3.91. The molecular formula is C19H22ClN3O4S. The Bertz CT molecular complexity index is 973. The second-order valence-electron chi connectivity index (χ2n) is 6.71. The molecule has 0 saturated carbocycles. The zero-order valence-corrected chi connectivity index (χ0v) is 17.0. The highest BCUT2D eigenvalue weighted by Crippen LogP contribution is 2.27. The van der Waals surface area contributed by atoms with Crippen molar-refractivity contribution < 1.29 is 18.3 Å². The molecule has 150 valence electrons. The third kappa shape index (κ3) is 4.95. The van der Waals surface area contributed by atoms with E-state index in [1.165, 1.54) is 18.2 Å². The number of aromatic hydroxyl groups is 1. The van der Waals surface area contributed by atoms with Crippen molar-refractivity contribution in [1.29, 1.82) is 0 Å². The number of carbonyl (C=O) groups excluding carboxylic acids is 1. The lowest BCUT2D eigenvalue weighted by molar-refractivity contribution is -0.117. The summed E-state index contributed by atoms with van der Waals surface area (Å²) in [6.07, 6.45) is 1.10. The minimum Gasteiger partial charge on any atom is -0.506 e. The number of amides is 1. The first-order valence-corrected chi connectivity index (χ1v) is 11.1. The second-order valence-corrected chi connectivity index (χ2v) is 9.14. The highest BCUT2D eigenvalue weighted by atomic mass is 35.5. The average Bonchev–Trinajstić information content (AvgIpc) is 2.64. The molecule has 0 bridgehead atoms. The number of carbonyl (C=O) groups is 1. The molecule has 2 N–H and O–H groups in total. The van der Waals surface area contributed by atoms with E-state index in [2.05, 4.69) is 10.2 Å². The van der Waals surface area contributed by atoms with Crippen molar-refractivity contribution in [3.63, 3.8) is 0 Å². The zero-order chi connectivity index (χ0) is 20.3. The molecule has 28 heavy (non-hydrogen) atoms. The Hall–Kier alpha value is -2.29. The normalized spacial score (nSPS) is 15.4. The molecule has 1 heterocycles. The molecular weight excluding hydrogens is 402 g/mol. The molecule has 1 saturated heterocycles. The van der Waals surface area contributed by atoms with Crippen LogP contribution in [0.3, 0.4) is 0 Å². The highest BCUT2D eigenvalue weighted by molar-refractivity contribution is 7.90. The molecule has 1 amide bonds. The summed E-state index contributed by atoms with van der Waals surface area (Å²) >= 11 is 6.08. The maximum atomic E-state index is 12.4. The molecule has 3 rings (SSSR count). The van der Waals surface area contributed by atoms with Crippen LogP contribution in [0.4, 0.5) is 11.4 Å². The van der Waals surface area contributed by atoms with Gasteiger partial charge in [0.15, 0.2) is 9.84 Å². The van der Waals surface area contributed by atoms with E-state index in [4.69, 9.17) is 11.6 Å². The number of halogens is 1. The van der Waals surface area contributed by atoms with Crippen molar-refractivity contribution in [2.45, 2.75) is 4.90 Å². The quantitative estimate of drug-likeness (QED) is 0.766. The van der Waals surface area contributed by atoms with Gasteiger partial charge in [-0.25, -0.2) is 8.42 Å². The van der Waals surface area contributed by atoms with Gasteiger partial charge < -0.3 is 15.3 Å². The van der Waals surface area contributed by atoms with Crippen LogP contribution in [0.5, 0.6) is 5.75 Å². The maximum absolute atomic E-state index is 12.4. The molecule has 1 aliphatic rings. The molecule has 1 fully saturated rings. The Labute approximate surface area is 169 Å². The van der Waals surface area contributed by atoms with Crippen LogP contribution >= 0.6 is 11.6 Å². The van der Waals surface area contributed by atoms with Crippen molar-refractivity contribution in [2.24, 2.45) is 0 Å². The SMILES string of the molecule is CS(=O)(=O)c1ccc(Cl)c(NC(=O)CN2CCN(c3ccccc3O)CC2)c1. The second kappa shape index (κ2) is 8.38. The summed E-state index contributed by atoms with van der Waals surface area (Å²) < 4.78 is 23.4.